The highest BCUT2D eigenvalue weighted by atomic mass is 16.3. The fourth-order valence-corrected chi connectivity index (χ4v) is 4.29. The summed E-state index contributed by atoms with van der Waals surface area (Å²) < 4.78 is 0. The highest BCUT2D eigenvalue weighted by Crippen LogP contribution is 2.26. The van der Waals surface area contributed by atoms with Gasteiger partial charge in [0.15, 0.2) is 0 Å². The monoisotopic (exact) mass is 443 g/mol. The number of nitrogens with one attached hydrogen (secondary N) is 1. The normalized spacial score (nSPS) is 18.5. The number of amides is 2. The average Bonchev–Trinajstić information content (AvgIpc) is 2.65. The topological polar surface area (TPSA) is 110 Å². The predicted octanol–water partition coefficient (Wildman–Crippen LogP) is 1.29. The van der Waals surface area contributed by atoms with Gasteiger partial charge in [0.1, 0.15) is 12.3 Å². The molecule has 0 aliphatic carbocycles. The number of aliphatic hydroxyl groups is 2. The van der Waals surface area contributed by atoms with Crippen LogP contribution in [0.1, 0.15) is 60.8 Å². The Morgan fingerprint density at radius 2 is 1.35 bits per heavy atom. The van der Waals surface area contributed by atoms with Gasteiger partial charge in [-0.15, -0.1) is 0 Å². The van der Waals surface area contributed by atoms with Gasteiger partial charge < -0.3 is 30.1 Å². The van der Waals surface area contributed by atoms with Gasteiger partial charge in [0.05, 0.1) is 24.3 Å². The molecule has 0 radical (unpaired) electrons. The van der Waals surface area contributed by atoms with Crippen molar-refractivity contribution in [2.45, 2.75) is 91.1 Å². The molecule has 0 saturated heterocycles. The molecule has 6 atom stereocenters. The van der Waals surface area contributed by atoms with E-state index >= 15 is 0 Å². The molecule has 0 rings (SSSR count). The van der Waals surface area contributed by atoms with E-state index in [1.54, 1.807) is 41.9 Å². The summed E-state index contributed by atoms with van der Waals surface area (Å²) in [7, 11) is 4.91. The maximum absolute atomic E-state index is 13.1. The highest BCUT2D eigenvalue weighted by Gasteiger charge is 2.34. The quantitative estimate of drug-likeness (QED) is 0.349. The summed E-state index contributed by atoms with van der Waals surface area (Å²) in [5.74, 6) is -0.534. The number of carbonyl (C=O) groups excluding carboxylic acids is 3. The highest BCUT2D eigenvalue weighted by molar-refractivity contribution is 5.90. The molecular weight excluding hydrogens is 398 g/mol. The van der Waals surface area contributed by atoms with Crippen molar-refractivity contribution >= 4 is 18.1 Å². The zero-order valence-electron chi connectivity index (χ0n) is 20.8. The van der Waals surface area contributed by atoms with Crippen molar-refractivity contribution in [3.8, 4) is 0 Å². The van der Waals surface area contributed by atoms with Crippen molar-refractivity contribution in [2.24, 2.45) is 17.8 Å². The first-order valence-corrected chi connectivity index (χ1v) is 11.3. The molecule has 0 heterocycles. The second-order valence-corrected chi connectivity index (χ2v) is 9.46. The molecule has 8 heteroatoms. The molecule has 0 aromatic rings. The van der Waals surface area contributed by atoms with Crippen LogP contribution in [0.4, 0.5) is 0 Å². The zero-order chi connectivity index (χ0) is 24.5. The van der Waals surface area contributed by atoms with Crippen molar-refractivity contribution in [3.63, 3.8) is 0 Å². The maximum atomic E-state index is 13.1. The van der Waals surface area contributed by atoms with Crippen LogP contribution in [0.2, 0.25) is 0 Å². The van der Waals surface area contributed by atoms with Crippen LogP contribution in [0.15, 0.2) is 0 Å². The minimum atomic E-state index is -0.715. The van der Waals surface area contributed by atoms with E-state index in [2.05, 4.69) is 5.32 Å². The SMILES string of the molecule is CN[C@H](C(=O)N(C)[C@@H](C)C(=O)N(C)[C@@H](C=O)[C@H](C)CC(CC(C)O)CC(C)O)C(C)C. The molecule has 0 aromatic heterocycles. The van der Waals surface area contributed by atoms with Crippen molar-refractivity contribution < 1.29 is 24.6 Å². The van der Waals surface area contributed by atoms with Crippen LogP contribution < -0.4 is 5.32 Å². The number of hydrogen-bond donors (Lipinski definition) is 3. The molecule has 2 amide bonds. The Bertz CT molecular complexity index is 557. The fraction of sp³-hybridized carbons (Fsp3) is 0.870. The Balaban J connectivity index is 5.34. The Hall–Kier alpha value is -1.51. The van der Waals surface area contributed by atoms with Gasteiger partial charge in [-0.3, -0.25) is 9.59 Å². The second kappa shape index (κ2) is 13.8. The third kappa shape index (κ3) is 9.25. The lowest BCUT2D eigenvalue weighted by Gasteiger charge is -2.36. The number of rotatable bonds is 14. The first-order chi connectivity index (χ1) is 14.3. The van der Waals surface area contributed by atoms with Gasteiger partial charge in [-0.1, -0.05) is 20.8 Å². The molecule has 0 bridgehead atoms. The number of aldehydes is 1. The van der Waals surface area contributed by atoms with Crippen LogP contribution in [0.3, 0.4) is 0 Å². The van der Waals surface area contributed by atoms with Crippen LogP contribution in [-0.2, 0) is 14.4 Å². The standard InChI is InChI=1S/C23H45N3O5/c1-14(2)21(24-7)23(31)25(8)18(6)22(30)26(9)20(13-27)15(3)10-19(11-16(4)28)12-17(5)29/h13-21,24,28-29H,10-12H2,1-9H3/t15-,16?,17?,18+,19?,20+,21+/m1/s1. The number of nitrogens with zero attached hydrogens (tertiary/aromatic N) is 2. The van der Waals surface area contributed by atoms with Crippen molar-refractivity contribution in [3.05, 3.63) is 0 Å². The van der Waals surface area contributed by atoms with Crippen LogP contribution in [0.25, 0.3) is 0 Å². The summed E-state index contributed by atoms with van der Waals surface area (Å²) in [5.41, 5.74) is 0. The largest absolute Gasteiger partial charge is 0.393 e. The minimum Gasteiger partial charge on any atom is -0.393 e. The van der Waals surface area contributed by atoms with E-state index in [9.17, 15) is 24.6 Å². The van der Waals surface area contributed by atoms with E-state index in [-0.39, 0.29) is 29.6 Å². The molecule has 182 valence electrons. The number of aliphatic hydroxyl groups excluding tert-OH is 2. The molecule has 0 aromatic carbocycles. The van der Waals surface area contributed by atoms with Gasteiger partial charge in [0, 0.05) is 14.1 Å². The van der Waals surface area contributed by atoms with Gasteiger partial charge in [0.2, 0.25) is 11.8 Å². The minimum absolute atomic E-state index is 0.0325. The average molecular weight is 444 g/mol. The van der Waals surface area contributed by atoms with Crippen LogP contribution in [0.5, 0.6) is 0 Å². The lowest BCUT2D eigenvalue weighted by atomic mass is 9.84. The molecule has 8 nitrogen and oxygen atoms in total. The first kappa shape index (κ1) is 29.5. The van der Waals surface area contributed by atoms with Crippen molar-refractivity contribution in [2.75, 3.05) is 21.1 Å². The maximum Gasteiger partial charge on any atom is 0.245 e. The molecular formula is C23H45N3O5. The summed E-state index contributed by atoms with van der Waals surface area (Å²) in [5, 5.41) is 22.5. The summed E-state index contributed by atoms with van der Waals surface area (Å²) in [6, 6.07) is -1.77. The number of hydrogen-bond acceptors (Lipinski definition) is 6. The lowest BCUT2D eigenvalue weighted by Crippen LogP contribution is -2.55. The van der Waals surface area contributed by atoms with E-state index < -0.39 is 30.3 Å². The predicted molar refractivity (Wildman–Crippen MR) is 122 cm³/mol. The van der Waals surface area contributed by atoms with Crippen molar-refractivity contribution in [1.82, 2.24) is 15.1 Å². The third-order valence-electron chi connectivity index (χ3n) is 6.10. The Morgan fingerprint density at radius 3 is 1.71 bits per heavy atom. The lowest BCUT2D eigenvalue weighted by molar-refractivity contribution is -0.147. The van der Waals surface area contributed by atoms with Crippen LogP contribution in [0, 0.1) is 17.8 Å². The third-order valence-corrected chi connectivity index (χ3v) is 6.10. The van der Waals surface area contributed by atoms with Gasteiger partial charge in [-0.05, 0) is 64.8 Å². The molecule has 2 unspecified atom stereocenters. The van der Waals surface area contributed by atoms with E-state index in [1.807, 2.05) is 20.8 Å². The van der Waals surface area contributed by atoms with Crippen LogP contribution in [-0.4, -0.2) is 89.6 Å². The molecule has 31 heavy (non-hydrogen) atoms. The second-order valence-electron chi connectivity index (χ2n) is 9.46. The number of likely N-dealkylation sites (N-methyl/N-ethyl adjacent to an activating group) is 3. The molecule has 0 aliphatic heterocycles. The Kier molecular flexibility index (Phi) is 13.1. The van der Waals surface area contributed by atoms with Gasteiger partial charge in [0.25, 0.3) is 0 Å². The van der Waals surface area contributed by atoms with E-state index in [0.717, 1.165) is 6.29 Å². The number of carbonyl (C=O) groups is 3. The summed E-state index contributed by atoms with van der Waals surface area (Å²) in [6.45, 7) is 10.8. The smallest absolute Gasteiger partial charge is 0.245 e. The van der Waals surface area contributed by atoms with E-state index in [4.69, 9.17) is 0 Å². The van der Waals surface area contributed by atoms with E-state index in [0.29, 0.717) is 19.3 Å². The summed E-state index contributed by atoms with van der Waals surface area (Å²) >= 11 is 0. The first-order valence-electron chi connectivity index (χ1n) is 11.3. The molecule has 0 aliphatic rings. The Labute approximate surface area is 188 Å². The summed E-state index contributed by atoms with van der Waals surface area (Å²) in [6.07, 6.45) is 1.38. The zero-order valence-corrected chi connectivity index (χ0v) is 20.8. The molecule has 0 saturated carbocycles. The Morgan fingerprint density at radius 1 is 0.871 bits per heavy atom. The van der Waals surface area contributed by atoms with Crippen LogP contribution >= 0.6 is 0 Å². The molecule has 0 spiro atoms. The fourth-order valence-electron chi connectivity index (χ4n) is 4.29. The van der Waals surface area contributed by atoms with Gasteiger partial charge >= 0.3 is 0 Å². The molecule has 3 N–H and O–H groups in total. The van der Waals surface area contributed by atoms with Crippen molar-refractivity contribution in [1.29, 1.82) is 0 Å². The summed E-state index contributed by atoms with van der Waals surface area (Å²) in [4.78, 5) is 40.6. The van der Waals surface area contributed by atoms with Gasteiger partial charge in [-0.2, -0.15) is 0 Å². The molecule has 0 fully saturated rings. The van der Waals surface area contributed by atoms with Gasteiger partial charge in [-0.25, -0.2) is 0 Å². The van der Waals surface area contributed by atoms with E-state index in [1.165, 1.54) is 9.80 Å².